The summed E-state index contributed by atoms with van der Waals surface area (Å²) in [6.45, 7) is 6.29. The maximum atomic E-state index is 12.4. The number of aliphatic hydroxyl groups excluding tert-OH is 3. The number of unbranched alkanes of at least 4 members (excludes halogenated alkanes) is 13. The summed E-state index contributed by atoms with van der Waals surface area (Å²) in [4.78, 5) is 36.4. The van der Waals surface area contributed by atoms with Crippen LogP contribution in [0.3, 0.4) is 0 Å². The van der Waals surface area contributed by atoms with Crippen molar-refractivity contribution in [3.05, 3.63) is 24.3 Å². The van der Waals surface area contributed by atoms with Crippen molar-refractivity contribution >= 4 is 17.7 Å². The molecule has 0 aromatic heterocycles. The minimum Gasteiger partial charge on any atom is -0.463 e. The molecule has 0 radical (unpaired) electrons. The van der Waals surface area contributed by atoms with Gasteiger partial charge in [-0.3, -0.25) is 14.4 Å². The molecule has 5 atom stereocenters. The number of hydrogen-bond donors (Lipinski definition) is 3. The van der Waals surface area contributed by atoms with Crippen LogP contribution >= 0.6 is 0 Å². The van der Waals surface area contributed by atoms with Crippen LogP contribution < -0.4 is 0 Å². The number of aliphatic hydroxyl groups is 3. The van der Waals surface area contributed by atoms with Crippen molar-refractivity contribution in [2.75, 3.05) is 13.2 Å². The molecule has 0 aromatic rings. The third-order valence-corrected chi connectivity index (χ3v) is 9.24. The number of allylic oxidation sites excluding steroid dienone is 3. The smallest absolute Gasteiger partial charge is 0.305 e. The predicted molar refractivity (Wildman–Crippen MR) is 192 cm³/mol. The van der Waals surface area contributed by atoms with Crippen LogP contribution in [-0.2, 0) is 23.9 Å². The maximum Gasteiger partial charge on any atom is 0.305 e. The fourth-order valence-corrected chi connectivity index (χ4v) is 6.19. The van der Waals surface area contributed by atoms with Gasteiger partial charge >= 0.3 is 11.9 Å². The number of carbonyl (C=O) groups is 3. The lowest BCUT2D eigenvalue weighted by atomic mass is 9.90. The monoisotopic (exact) mass is 679 g/mol. The highest BCUT2D eigenvalue weighted by Crippen LogP contribution is 2.33. The molecule has 8 heteroatoms. The zero-order chi connectivity index (χ0) is 35.4. The largest absolute Gasteiger partial charge is 0.463 e. The molecular formula is C40H70O8. The molecular weight excluding hydrogens is 608 g/mol. The number of carbonyl (C=O) groups excluding carboxylic acids is 3. The van der Waals surface area contributed by atoms with E-state index in [-0.39, 0.29) is 43.7 Å². The zero-order valence-electron chi connectivity index (χ0n) is 30.6. The highest BCUT2D eigenvalue weighted by atomic mass is 16.6. The van der Waals surface area contributed by atoms with Crippen LogP contribution in [-0.4, -0.2) is 64.6 Å². The van der Waals surface area contributed by atoms with E-state index in [0.29, 0.717) is 32.1 Å². The molecule has 1 rings (SSSR count). The minimum absolute atomic E-state index is 0.00208. The van der Waals surface area contributed by atoms with Crippen molar-refractivity contribution in [2.45, 2.75) is 180 Å². The fourth-order valence-electron chi connectivity index (χ4n) is 6.19. The minimum atomic E-state index is -1.05. The van der Waals surface area contributed by atoms with E-state index in [4.69, 9.17) is 9.47 Å². The standard InChI is InChI=1S/C40H70O8/c1-4-5-17-23-33(41)27-28-36-35(37(43)29-38(36)44)24-19-15-16-21-26-40(46)48-31-34(42)30-47-39(45)25-20-14-12-10-8-6-7-9-11-13-18-22-32(2)3/h15,19,27-28,32-37,41-43H,4-14,16-18,20-26,29-31H2,1-3H3/b19-15-,28-27+/t33-,34+,35+,36+,37-/m0/s1. The Labute approximate surface area is 292 Å². The molecule has 8 nitrogen and oxygen atoms in total. The molecule has 0 bridgehead atoms. The van der Waals surface area contributed by atoms with Crippen LogP contribution in [0.25, 0.3) is 0 Å². The van der Waals surface area contributed by atoms with E-state index in [1.807, 2.05) is 12.2 Å². The van der Waals surface area contributed by atoms with Gasteiger partial charge in [-0.05, 0) is 38.0 Å². The normalized spacial score (nSPS) is 19.5. The summed E-state index contributed by atoms with van der Waals surface area (Å²) in [5, 5.41) is 30.6. The molecule has 0 spiro atoms. The Morgan fingerprint density at radius 3 is 1.90 bits per heavy atom. The van der Waals surface area contributed by atoms with Crippen LogP contribution in [0.15, 0.2) is 24.3 Å². The Hall–Kier alpha value is -2.03. The fraction of sp³-hybridized carbons (Fsp3) is 0.825. The summed E-state index contributed by atoms with van der Waals surface area (Å²) < 4.78 is 10.3. The zero-order valence-corrected chi connectivity index (χ0v) is 30.6. The molecule has 1 fully saturated rings. The van der Waals surface area contributed by atoms with E-state index in [1.54, 1.807) is 12.2 Å². The molecule has 0 amide bonds. The van der Waals surface area contributed by atoms with Crippen molar-refractivity contribution in [2.24, 2.45) is 17.8 Å². The molecule has 0 aromatic carbocycles. The van der Waals surface area contributed by atoms with Crippen molar-refractivity contribution in [1.82, 2.24) is 0 Å². The number of esters is 2. The Balaban J connectivity index is 2.06. The average molecular weight is 679 g/mol. The van der Waals surface area contributed by atoms with E-state index in [2.05, 4.69) is 20.8 Å². The summed E-state index contributed by atoms with van der Waals surface area (Å²) >= 11 is 0. The number of ketones is 1. The highest BCUT2D eigenvalue weighted by molar-refractivity contribution is 5.86. The van der Waals surface area contributed by atoms with Crippen molar-refractivity contribution in [3.8, 4) is 0 Å². The van der Waals surface area contributed by atoms with Crippen LogP contribution in [0, 0.1) is 17.8 Å². The molecule has 0 heterocycles. The van der Waals surface area contributed by atoms with Gasteiger partial charge in [0.15, 0.2) is 0 Å². The van der Waals surface area contributed by atoms with Gasteiger partial charge < -0.3 is 24.8 Å². The second kappa shape index (κ2) is 28.8. The van der Waals surface area contributed by atoms with E-state index in [9.17, 15) is 29.7 Å². The molecule has 1 aliphatic rings. The van der Waals surface area contributed by atoms with Crippen LogP contribution in [0.4, 0.5) is 0 Å². The third-order valence-electron chi connectivity index (χ3n) is 9.24. The quantitative estimate of drug-likeness (QED) is 0.0393. The molecule has 1 saturated carbocycles. The van der Waals surface area contributed by atoms with E-state index >= 15 is 0 Å². The summed E-state index contributed by atoms with van der Waals surface area (Å²) in [5.74, 6) is -0.542. The van der Waals surface area contributed by atoms with Crippen molar-refractivity contribution in [3.63, 3.8) is 0 Å². The SMILES string of the molecule is CCCCC[C@H](O)/C=C/[C@H]1C(=O)C[C@H](O)[C@@H]1C/C=C\CCCC(=O)OC[C@H](O)COC(=O)CCCCCCCCCCCCCC(C)C. The summed E-state index contributed by atoms with van der Waals surface area (Å²) in [6, 6.07) is 0. The van der Waals surface area contributed by atoms with Gasteiger partial charge in [-0.2, -0.15) is 0 Å². The Bertz CT molecular complexity index is 898. The first-order valence-electron chi connectivity index (χ1n) is 19.3. The Kier molecular flexibility index (Phi) is 26.4. The number of hydrogen-bond acceptors (Lipinski definition) is 8. The lowest BCUT2D eigenvalue weighted by molar-refractivity contribution is -0.152. The van der Waals surface area contributed by atoms with Crippen LogP contribution in [0.2, 0.25) is 0 Å². The lowest BCUT2D eigenvalue weighted by Crippen LogP contribution is -2.25. The van der Waals surface area contributed by atoms with Crippen LogP contribution in [0.5, 0.6) is 0 Å². The first-order chi connectivity index (χ1) is 23.1. The highest BCUT2D eigenvalue weighted by Gasteiger charge is 2.39. The topological polar surface area (TPSA) is 130 Å². The van der Waals surface area contributed by atoms with Gasteiger partial charge in [-0.15, -0.1) is 0 Å². The van der Waals surface area contributed by atoms with Gasteiger partial charge in [0.2, 0.25) is 0 Å². The van der Waals surface area contributed by atoms with Gasteiger partial charge in [-0.1, -0.05) is 135 Å². The Morgan fingerprint density at radius 2 is 1.31 bits per heavy atom. The molecule has 48 heavy (non-hydrogen) atoms. The van der Waals surface area contributed by atoms with Gasteiger partial charge in [0, 0.05) is 31.1 Å². The number of ether oxygens (including phenoxy) is 2. The third kappa shape index (κ3) is 23.3. The lowest BCUT2D eigenvalue weighted by Gasteiger charge is -2.17. The molecule has 1 aliphatic carbocycles. The number of Topliss-reactive ketones (excluding diaryl/α,β-unsaturated/α-hetero) is 1. The molecule has 0 aliphatic heterocycles. The summed E-state index contributed by atoms with van der Waals surface area (Å²) in [7, 11) is 0. The Morgan fingerprint density at radius 1 is 0.771 bits per heavy atom. The van der Waals surface area contributed by atoms with E-state index in [0.717, 1.165) is 44.4 Å². The van der Waals surface area contributed by atoms with Gasteiger partial charge in [0.1, 0.15) is 25.1 Å². The molecule has 278 valence electrons. The maximum absolute atomic E-state index is 12.4. The summed E-state index contributed by atoms with van der Waals surface area (Å²) in [6.07, 6.45) is 26.0. The van der Waals surface area contributed by atoms with Gasteiger partial charge in [-0.25, -0.2) is 0 Å². The first-order valence-corrected chi connectivity index (χ1v) is 19.3. The van der Waals surface area contributed by atoms with E-state index < -0.39 is 30.2 Å². The number of rotatable bonds is 30. The van der Waals surface area contributed by atoms with Crippen LogP contribution in [0.1, 0.15) is 162 Å². The van der Waals surface area contributed by atoms with Crippen molar-refractivity contribution < 1.29 is 39.2 Å². The van der Waals surface area contributed by atoms with Gasteiger partial charge in [0.25, 0.3) is 0 Å². The second-order valence-corrected chi connectivity index (χ2v) is 14.3. The predicted octanol–water partition coefficient (Wildman–Crippen LogP) is 8.34. The van der Waals surface area contributed by atoms with E-state index in [1.165, 1.54) is 57.8 Å². The molecule has 0 unspecified atom stereocenters. The summed E-state index contributed by atoms with van der Waals surface area (Å²) in [5.41, 5.74) is 0. The second-order valence-electron chi connectivity index (χ2n) is 14.3. The van der Waals surface area contributed by atoms with Gasteiger partial charge in [0.05, 0.1) is 12.2 Å². The average Bonchev–Trinajstić information content (AvgIpc) is 3.32. The van der Waals surface area contributed by atoms with Crippen molar-refractivity contribution in [1.29, 1.82) is 0 Å². The molecule has 3 N–H and O–H groups in total. The first kappa shape index (κ1) is 44.0. The molecule has 0 saturated heterocycles.